The molecule has 3 heterocycles. The van der Waals surface area contributed by atoms with Crippen LogP contribution in [0.1, 0.15) is 25.8 Å². The summed E-state index contributed by atoms with van der Waals surface area (Å²) in [4.78, 5) is 6.46. The highest BCUT2D eigenvalue weighted by Crippen LogP contribution is 2.30. The normalized spacial score (nSPS) is 23.9. The first-order valence-electron chi connectivity index (χ1n) is 6.94. The molecule has 0 spiro atoms. The number of aromatic amines is 1. The van der Waals surface area contributed by atoms with Gasteiger partial charge in [0.05, 0.1) is 0 Å². The predicted molar refractivity (Wildman–Crippen MR) is 81.0 cm³/mol. The van der Waals surface area contributed by atoms with Crippen LogP contribution in [0.3, 0.4) is 0 Å². The second-order valence-electron chi connectivity index (χ2n) is 5.47. The minimum atomic E-state index is 0.413. The summed E-state index contributed by atoms with van der Waals surface area (Å²) >= 11 is 5.44. The zero-order valence-electron chi connectivity index (χ0n) is 11.8. The van der Waals surface area contributed by atoms with E-state index in [9.17, 15) is 0 Å². The van der Waals surface area contributed by atoms with Crippen molar-refractivity contribution in [3.63, 3.8) is 0 Å². The number of likely N-dealkylation sites (tertiary alicyclic amines) is 1. The molecule has 1 fully saturated rings. The number of nitrogens with zero attached hydrogens (tertiary/aromatic N) is 4. The molecule has 20 heavy (non-hydrogen) atoms. The molecule has 1 N–H and O–H groups in total. The lowest BCUT2D eigenvalue weighted by molar-refractivity contribution is 0.157. The summed E-state index contributed by atoms with van der Waals surface area (Å²) in [6.45, 7) is 3.36. The van der Waals surface area contributed by atoms with E-state index in [-0.39, 0.29) is 0 Å². The SMILES string of the molecule is CC1CC(n2c(-c3ccncc3)n[nH]c2=S)CCN1C. The van der Waals surface area contributed by atoms with Crippen LogP contribution in [-0.4, -0.2) is 44.3 Å². The van der Waals surface area contributed by atoms with Gasteiger partial charge in [0.2, 0.25) is 0 Å². The number of piperidine rings is 1. The molecule has 106 valence electrons. The van der Waals surface area contributed by atoms with Crippen molar-refractivity contribution in [3.05, 3.63) is 29.3 Å². The summed E-state index contributed by atoms with van der Waals surface area (Å²) in [6, 6.07) is 4.92. The van der Waals surface area contributed by atoms with Gasteiger partial charge in [0.1, 0.15) is 0 Å². The van der Waals surface area contributed by atoms with Crippen molar-refractivity contribution in [3.8, 4) is 11.4 Å². The minimum Gasteiger partial charge on any atom is -0.304 e. The van der Waals surface area contributed by atoms with Crippen molar-refractivity contribution in [2.24, 2.45) is 0 Å². The fourth-order valence-corrected chi connectivity index (χ4v) is 3.13. The lowest BCUT2D eigenvalue weighted by Crippen LogP contribution is -2.38. The van der Waals surface area contributed by atoms with Crippen LogP contribution in [0.5, 0.6) is 0 Å². The molecular formula is C14H19N5S. The summed E-state index contributed by atoms with van der Waals surface area (Å²) in [5.41, 5.74) is 1.05. The van der Waals surface area contributed by atoms with Gasteiger partial charge in [-0.25, -0.2) is 0 Å². The Kier molecular flexibility index (Phi) is 3.67. The summed E-state index contributed by atoms with van der Waals surface area (Å²) in [6.07, 6.45) is 5.78. The Balaban J connectivity index is 1.98. The van der Waals surface area contributed by atoms with Crippen LogP contribution in [0.25, 0.3) is 11.4 Å². The van der Waals surface area contributed by atoms with E-state index in [0.29, 0.717) is 16.9 Å². The highest BCUT2D eigenvalue weighted by molar-refractivity contribution is 7.71. The maximum absolute atomic E-state index is 5.44. The molecule has 0 bridgehead atoms. The van der Waals surface area contributed by atoms with Crippen LogP contribution in [0, 0.1) is 4.77 Å². The fraction of sp³-hybridized carbons (Fsp3) is 0.500. The van der Waals surface area contributed by atoms with E-state index in [1.165, 1.54) is 0 Å². The lowest BCUT2D eigenvalue weighted by Gasteiger charge is -2.35. The Hall–Kier alpha value is -1.53. The van der Waals surface area contributed by atoms with Crippen molar-refractivity contribution in [1.82, 2.24) is 24.6 Å². The Morgan fingerprint density at radius 1 is 1.35 bits per heavy atom. The molecule has 2 unspecified atom stereocenters. The van der Waals surface area contributed by atoms with Gasteiger partial charge < -0.3 is 4.90 Å². The van der Waals surface area contributed by atoms with Gasteiger partial charge in [0, 0.05) is 36.6 Å². The zero-order valence-corrected chi connectivity index (χ0v) is 12.6. The highest BCUT2D eigenvalue weighted by atomic mass is 32.1. The van der Waals surface area contributed by atoms with Crippen molar-refractivity contribution < 1.29 is 0 Å². The molecule has 0 radical (unpaired) electrons. The monoisotopic (exact) mass is 289 g/mol. The minimum absolute atomic E-state index is 0.413. The maximum Gasteiger partial charge on any atom is 0.195 e. The summed E-state index contributed by atoms with van der Waals surface area (Å²) in [5.74, 6) is 0.916. The van der Waals surface area contributed by atoms with E-state index in [0.717, 1.165) is 30.8 Å². The molecule has 2 aromatic heterocycles. The fourth-order valence-electron chi connectivity index (χ4n) is 2.85. The van der Waals surface area contributed by atoms with Gasteiger partial charge in [0.25, 0.3) is 0 Å². The largest absolute Gasteiger partial charge is 0.304 e. The van der Waals surface area contributed by atoms with E-state index in [1.807, 2.05) is 12.1 Å². The Bertz CT molecular complexity index is 633. The van der Waals surface area contributed by atoms with Crippen LogP contribution in [0.4, 0.5) is 0 Å². The summed E-state index contributed by atoms with van der Waals surface area (Å²) in [5, 5.41) is 7.35. The third-order valence-corrected chi connectivity index (χ3v) is 4.48. The van der Waals surface area contributed by atoms with Gasteiger partial charge in [0.15, 0.2) is 10.6 Å². The van der Waals surface area contributed by atoms with E-state index < -0.39 is 0 Å². The van der Waals surface area contributed by atoms with E-state index in [1.54, 1.807) is 12.4 Å². The molecule has 2 atom stereocenters. The molecule has 0 aromatic carbocycles. The number of pyridine rings is 1. The summed E-state index contributed by atoms with van der Waals surface area (Å²) < 4.78 is 2.88. The van der Waals surface area contributed by atoms with E-state index in [4.69, 9.17) is 12.2 Å². The van der Waals surface area contributed by atoms with Crippen molar-refractivity contribution in [2.75, 3.05) is 13.6 Å². The molecule has 1 aliphatic rings. The first kappa shape index (κ1) is 13.5. The number of hydrogen-bond donors (Lipinski definition) is 1. The number of nitrogens with one attached hydrogen (secondary N) is 1. The smallest absolute Gasteiger partial charge is 0.195 e. The van der Waals surface area contributed by atoms with Crippen LogP contribution < -0.4 is 0 Å². The van der Waals surface area contributed by atoms with Gasteiger partial charge in [-0.3, -0.25) is 14.6 Å². The summed E-state index contributed by atoms with van der Waals surface area (Å²) in [7, 11) is 2.18. The molecule has 1 aliphatic heterocycles. The third kappa shape index (κ3) is 2.41. The quantitative estimate of drug-likeness (QED) is 0.864. The van der Waals surface area contributed by atoms with Crippen LogP contribution in [0.15, 0.2) is 24.5 Å². The molecule has 6 heteroatoms. The molecular weight excluding hydrogens is 270 g/mol. The van der Waals surface area contributed by atoms with Crippen LogP contribution in [-0.2, 0) is 0 Å². The van der Waals surface area contributed by atoms with Gasteiger partial charge in [-0.05, 0) is 51.2 Å². The maximum atomic E-state index is 5.44. The topological polar surface area (TPSA) is 49.7 Å². The lowest BCUT2D eigenvalue weighted by atomic mass is 9.98. The second-order valence-corrected chi connectivity index (χ2v) is 5.85. The molecule has 0 aliphatic carbocycles. The van der Waals surface area contributed by atoms with Crippen LogP contribution in [0.2, 0.25) is 0 Å². The predicted octanol–water partition coefficient (Wildman–Crippen LogP) is 2.66. The van der Waals surface area contributed by atoms with Gasteiger partial charge >= 0.3 is 0 Å². The number of H-pyrrole nitrogens is 1. The van der Waals surface area contributed by atoms with Gasteiger partial charge in [-0.15, -0.1) is 0 Å². The van der Waals surface area contributed by atoms with Crippen molar-refractivity contribution in [2.45, 2.75) is 31.8 Å². The average Bonchev–Trinajstić information content (AvgIpc) is 2.85. The Morgan fingerprint density at radius 3 is 2.80 bits per heavy atom. The van der Waals surface area contributed by atoms with Crippen LogP contribution >= 0.6 is 12.2 Å². The van der Waals surface area contributed by atoms with Gasteiger partial charge in [-0.2, -0.15) is 5.10 Å². The third-order valence-electron chi connectivity index (χ3n) is 4.19. The second kappa shape index (κ2) is 5.46. The number of hydrogen-bond acceptors (Lipinski definition) is 4. The Labute approximate surface area is 123 Å². The highest BCUT2D eigenvalue weighted by Gasteiger charge is 2.26. The molecule has 1 saturated heterocycles. The number of rotatable bonds is 2. The average molecular weight is 289 g/mol. The first-order chi connectivity index (χ1) is 9.66. The molecule has 0 saturated carbocycles. The van der Waals surface area contributed by atoms with E-state index >= 15 is 0 Å². The first-order valence-corrected chi connectivity index (χ1v) is 7.35. The van der Waals surface area contributed by atoms with E-state index in [2.05, 4.69) is 38.6 Å². The molecule has 0 amide bonds. The zero-order chi connectivity index (χ0) is 14.1. The number of aromatic nitrogens is 4. The Morgan fingerprint density at radius 2 is 2.10 bits per heavy atom. The van der Waals surface area contributed by atoms with Crippen molar-refractivity contribution >= 4 is 12.2 Å². The van der Waals surface area contributed by atoms with Crippen molar-refractivity contribution in [1.29, 1.82) is 0 Å². The molecule has 5 nitrogen and oxygen atoms in total. The molecule has 2 aromatic rings. The standard InChI is InChI=1S/C14H19N5S/c1-10-9-12(5-8-18(10)2)19-13(16-17-14(19)20)11-3-6-15-7-4-11/h3-4,6-7,10,12H,5,8-9H2,1-2H3,(H,17,20). The van der Waals surface area contributed by atoms with Gasteiger partial charge in [-0.1, -0.05) is 0 Å². The molecule has 3 rings (SSSR count).